The van der Waals surface area contributed by atoms with Crippen LogP contribution >= 0.6 is 0 Å². The summed E-state index contributed by atoms with van der Waals surface area (Å²) in [4.78, 5) is 14.5. The van der Waals surface area contributed by atoms with Crippen molar-refractivity contribution in [3.05, 3.63) is 65.7 Å². The van der Waals surface area contributed by atoms with Gasteiger partial charge in [-0.1, -0.05) is 61.7 Å². The maximum atomic E-state index is 12.0. The Morgan fingerprint density at radius 2 is 1.64 bits per heavy atom. The quantitative estimate of drug-likeness (QED) is 0.852. The van der Waals surface area contributed by atoms with Gasteiger partial charge < -0.3 is 10.2 Å². The molecule has 3 nitrogen and oxygen atoms in total. The van der Waals surface area contributed by atoms with Crippen LogP contribution in [0.5, 0.6) is 0 Å². The minimum atomic E-state index is 0.0644. The summed E-state index contributed by atoms with van der Waals surface area (Å²) in [5, 5.41) is 3.01. The van der Waals surface area contributed by atoms with Crippen LogP contribution in [-0.2, 0) is 17.8 Å². The van der Waals surface area contributed by atoms with Crippen LogP contribution in [0.2, 0.25) is 0 Å². The molecule has 0 spiro atoms. The molecule has 1 N–H and O–H groups in total. The largest absolute Gasteiger partial charge is 0.372 e. The van der Waals surface area contributed by atoms with Crippen molar-refractivity contribution in [1.82, 2.24) is 5.32 Å². The van der Waals surface area contributed by atoms with Crippen LogP contribution in [0.15, 0.2) is 54.6 Å². The standard InChI is InChI=1S/C22H28N2O/c1-24(20-10-6-3-7-11-20)21-14-12-19(13-15-21)17-23-22(25)16-18-8-4-2-5-9-18/h2,4-5,8-9,12-15,20H,3,6-7,10-11,16-17H2,1H3,(H,23,25). The summed E-state index contributed by atoms with van der Waals surface area (Å²) in [6.45, 7) is 0.582. The molecule has 3 heteroatoms. The van der Waals surface area contributed by atoms with E-state index in [4.69, 9.17) is 0 Å². The topological polar surface area (TPSA) is 32.3 Å². The lowest BCUT2D eigenvalue weighted by molar-refractivity contribution is -0.120. The highest BCUT2D eigenvalue weighted by Crippen LogP contribution is 2.26. The zero-order valence-electron chi connectivity index (χ0n) is 15.1. The molecule has 0 heterocycles. The first-order valence-corrected chi connectivity index (χ1v) is 9.35. The zero-order valence-corrected chi connectivity index (χ0v) is 15.1. The van der Waals surface area contributed by atoms with E-state index in [2.05, 4.69) is 41.5 Å². The summed E-state index contributed by atoms with van der Waals surface area (Å²) < 4.78 is 0. The van der Waals surface area contributed by atoms with Crippen LogP contribution in [-0.4, -0.2) is 19.0 Å². The number of rotatable bonds is 6. The van der Waals surface area contributed by atoms with Crippen molar-refractivity contribution in [1.29, 1.82) is 0 Å². The van der Waals surface area contributed by atoms with Crippen LogP contribution < -0.4 is 10.2 Å². The molecular weight excluding hydrogens is 308 g/mol. The smallest absolute Gasteiger partial charge is 0.224 e. The maximum absolute atomic E-state index is 12.0. The number of carbonyl (C=O) groups excluding carboxylic acids is 1. The van der Waals surface area contributed by atoms with E-state index in [1.54, 1.807) is 0 Å². The summed E-state index contributed by atoms with van der Waals surface area (Å²) in [6, 6.07) is 19.1. The minimum Gasteiger partial charge on any atom is -0.372 e. The second-order valence-corrected chi connectivity index (χ2v) is 7.01. The fourth-order valence-corrected chi connectivity index (χ4v) is 3.57. The number of nitrogens with one attached hydrogen (secondary N) is 1. The molecule has 1 saturated carbocycles. The molecule has 1 aliphatic carbocycles. The fourth-order valence-electron chi connectivity index (χ4n) is 3.57. The molecule has 2 aromatic carbocycles. The van der Waals surface area contributed by atoms with Gasteiger partial charge in [-0.3, -0.25) is 4.79 Å². The third-order valence-corrected chi connectivity index (χ3v) is 5.16. The summed E-state index contributed by atoms with van der Waals surface area (Å²) in [5.74, 6) is 0.0644. The number of carbonyl (C=O) groups is 1. The van der Waals surface area contributed by atoms with E-state index in [0.717, 1.165) is 11.1 Å². The van der Waals surface area contributed by atoms with E-state index in [1.807, 2.05) is 30.3 Å². The van der Waals surface area contributed by atoms with Crippen molar-refractivity contribution < 1.29 is 4.79 Å². The number of hydrogen-bond donors (Lipinski definition) is 1. The molecule has 0 atom stereocenters. The van der Waals surface area contributed by atoms with Gasteiger partial charge in [0.25, 0.3) is 0 Å². The highest BCUT2D eigenvalue weighted by atomic mass is 16.1. The van der Waals surface area contributed by atoms with E-state index in [9.17, 15) is 4.79 Å². The van der Waals surface area contributed by atoms with Gasteiger partial charge in [0.05, 0.1) is 6.42 Å². The Morgan fingerprint density at radius 1 is 0.960 bits per heavy atom. The van der Waals surface area contributed by atoms with E-state index < -0.39 is 0 Å². The first kappa shape index (κ1) is 17.5. The van der Waals surface area contributed by atoms with Crippen molar-refractivity contribution in [2.24, 2.45) is 0 Å². The molecular formula is C22H28N2O. The first-order valence-electron chi connectivity index (χ1n) is 9.35. The Balaban J connectivity index is 1.49. The van der Waals surface area contributed by atoms with Crippen LogP contribution in [0, 0.1) is 0 Å². The number of nitrogens with zero attached hydrogens (tertiary/aromatic N) is 1. The Labute approximate surface area is 151 Å². The first-order chi connectivity index (χ1) is 12.2. The summed E-state index contributed by atoms with van der Waals surface area (Å²) in [5.41, 5.74) is 3.46. The van der Waals surface area contributed by atoms with Gasteiger partial charge in [-0.05, 0) is 36.1 Å². The van der Waals surface area contributed by atoms with Crippen molar-refractivity contribution in [2.75, 3.05) is 11.9 Å². The average molecular weight is 336 g/mol. The Hall–Kier alpha value is -2.29. The molecule has 25 heavy (non-hydrogen) atoms. The maximum Gasteiger partial charge on any atom is 0.224 e. The fraction of sp³-hybridized carbons (Fsp3) is 0.409. The van der Waals surface area contributed by atoms with Gasteiger partial charge in [-0.2, -0.15) is 0 Å². The Bertz CT molecular complexity index is 660. The third-order valence-electron chi connectivity index (χ3n) is 5.16. The van der Waals surface area contributed by atoms with E-state index in [1.165, 1.54) is 37.8 Å². The van der Waals surface area contributed by atoms with Gasteiger partial charge >= 0.3 is 0 Å². The van der Waals surface area contributed by atoms with Gasteiger partial charge in [0.2, 0.25) is 5.91 Å². The molecule has 1 fully saturated rings. The van der Waals surface area contributed by atoms with E-state index in [0.29, 0.717) is 19.0 Å². The molecule has 2 aromatic rings. The molecule has 0 aromatic heterocycles. The molecule has 132 valence electrons. The monoisotopic (exact) mass is 336 g/mol. The second-order valence-electron chi connectivity index (χ2n) is 7.01. The third kappa shape index (κ3) is 5.09. The van der Waals surface area contributed by atoms with E-state index in [-0.39, 0.29) is 5.91 Å². The average Bonchev–Trinajstić information content (AvgIpc) is 2.68. The number of benzene rings is 2. The van der Waals surface area contributed by atoms with Crippen LogP contribution in [0.3, 0.4) is 0 Å². The van der Waals surface area contributed by atoms with Crippen molar-refractivity contribution >= 4 is 11.6 Å². The Morgan fingerprint density at radius 3 is 2.32 bits per heavy atom. The lowest BCUT2D eigenvalue weighted by atomic mass is 9.94. The predicted octanol–water partition coefficient (Wildman–Crippen LogP) is 4.31. The van der Waals surface area contributed by atoms with Gasteiger partial charge in [-0.25, -0.2) is 0 Å². The highest BCUT2D eigenvalue weighted by Gasteiger charge is 2.18. The van der Waals surface area contributed by atoms with Crippen molar-refractivity contribution in [3.63, 3.8) is 0 Å². The number of amides is 1. The Kier molecular flexibility index (Phi) is 6.10. The minimum absolute atomic E-state index is 0.0644. The zero-order chi connectivity index (χ0) is 17.5. The lowest BCUT2D eigenvalue weighted by Crippen LogP contribution is -2.33. The molecule has 0 aliphatic heterocycles. The molecule has 0 saturated heterocycles. The molecule has 0 unspecified atom stereocenters. The summed E-state index contributed by atoms with van der Waals surface area (Å²) in [6.07, 6.45) is 7.11. The second kappa shape index (κ2) is 8.70. The van der Waals surface area contributed by atoms with Crippen LogP contribution in [0.1, 0.15) is 43.2 Å². The van der Waals surface area contributed by atoms with Crippen LogP contribution in [0.25, 0.3) is 0 Å². The molecule has 1 amide bonds. The van der Waals surface area contributed by atoms with E-state index >= 15 is 0 Å². The van der Waals surface area contributed by atoms with Gasteiger partial charge in [0, 0.05) is 25.3 Å². The number of hydrogen-bond acceptors (Lipinski definition) is 2. The molecule has 0 radical (unpaired) electrons. The summed E-state index contributed by atoms with van der Waals surface area (Å²) in [7, 11) is 2.20. The normalized spacial score (nSPS) is 14.9. The highest BCUT2D eigenvalue weighted by molar-refractivity contribution is 5.78. The van der Waals surface area contributed by atoms with Gasteiger partial charge in [0.1, 0.15) is 0 Å². The lowest BCUT2D eigenvalue weighted by Gasteiger charge is -2.33. The molecule has 1 aliphatic rings. The number of anilines is 1. The van der Waals surface area contributed by atoms with Crippen molar-refractivity contribution in [2.45, 2.75) is 51.1 Å². The SMILES string of the molecule is CN(c1ccc(CNC(=O)Cc2ccccc2)cc1)C1CCCCC1. The molecule has 0 bridgehead atoms. The van der Waals surface area contributed by atoms with Gasteiger partial charge in [-0.15, -0.1) is 0 Å². The van der Waals surface area contributed by atoms with Crippen molar-refractivity contribution in [3.8, 4) is 0 Å². The van der Waals surface area contributed by atoms with Crippen LogP contribution in [0.4, 0.5) is 5.69 Å². The molecule has 3 rings (SSSR count). The predicted molar refractivity (Wildman–Crippen MR) is 104 cm³/mol. The van der Waals surface area contributed by atoms with Gasteiger partial charge in [0.15, 0.2) is 0 Å². The summed E-state index contributed by atoms with van der Waals surface area (Å²) >= 11 is 0.